The second kappa shape index (κ2) is 6.47. The van der Waals surface area contributed by atoms with Crippen molar-refractivity contribution in [3.8, 4) is 12.3 Å². The van der Waals surface area contributed by atoms with Crippen molar-refractivity contribution in [2.75, 3.05) is 13.6 Å². The first-order valence-corrected chi connectivity index (χ1v) is 9.89. The molecule has 1 aliphatic heterocycles. The Kier molecular flexibility index (Phi) is 4.65. The first-order chi connectivity index (χ1) is 11.8. The predicted molar refractivity (Wildman–Crippen MR) is 97.0 cm³/mol. The van der Waals surface area contributed by atoms with Gasteiger partial charge in [-0.25, -0.2) is 4.90 Å². The monoisotopic (exact) mass is 364 g/mol. The van der Waals surface area contributed by atoms with E-state index in [1.807, 2.05) is 19.3 Å². The van der Waals surface area contributed by atoms with Crippen LogP contribution in [-0.4, -0.2) is 44.8 Å². The molecule has 0 amide bonds. The molecule has 1 saturated heterocycles. The van der Waals surface area contributed by atoms with Crippen LogP contribution in [0.25, 0.3) is 15.7 Å². The largest absolute Gasteiger partial charge is 0.477 e. The van der Waals surface area contributed by atoms with Crippen molar-refractivity contribution in [1.29, 1.82) is 0 Å². The van der Waals surface area contributed by atoms with Gasteiger partial charge in [0.25, 0.3) is 6.57 Å². The summed E-state index contributed by atoms with van der Waals surface area (Å²) in [6, 6.07) is 5.41. The Morgan fingerprint density at radius 2 is 2.28 bits per heavy atom. The lowest BCUT2D eigenvalue weighted by Gasteiger charge is -2.21. The summed E-state index contributed by atoms with van der Waals surface area (Å²) in [6.45, 7) is 8.04. The van der Waals surface area contributed by atoms with Crippen LogP contribution < -0.4 is 4.74 Å². The summed E-state index contributed by atoms with van der Waals surface area (Å²) in [5, 5.41) is 0.811. The first kappa shape index (κ1) is 18.0. The maximum Gasteiger partial charge on any atom is 0.365 e. The lowest BCUT2D eigenvalue weighted by atomic mass is 9.97. The molecule has 134 valence electrons. The first-order valence-electron chi connectivity index (χ1n) is 8.21. The molecule has 1 aliphatic rings. The van der Waals surface area contributed by atoms with E-state index in [9.17, 15) is 14.4 Å². The summed E-state index contributed by atoms with van der Waals surface area (Å²) >= 11 is 0. The topological polar surface area (TPSA) is 90.2 Å². The summed E-state index contributed by atoms with van der Waals surface area (Å²) in [6.07, 6.45) is 4.39. The average Bonchev–Trinajstić information content (AvgIpc) is 3.12. The van der Waals surface area contributed by atoms with Crippen LogP contribution in [0.1, 0.15) is 25.3 Å². The van der Waals surface area contributed by atoms with Gasteiger partial charge in [0, 0.05) is 30.1 Å². The van der Waals surface area contributed by atoms with Crippen LogP contribution in [-0.2, 0) is 11.0 Å². The normalized spacial score (nSPS) is 22.8. The number of likely N-dealkylation sites (N-methyl/N-ethyl adjacent to an activating group) is 1. The summed E-state index contributed by atoms with van der Waals surface area (Å²) in [4.78, 5) is 28.1. The average molecular weight is 364 g/mol. The Morgan fingerprint density at radius 1 is 1.52 bits per heavy atom. The minimum Gasteiger partial charge on any atom is -0.477 e. The Bertz CT molecular complexity index is 868. The number of likely N-dealkylation sites (tertiary alicyclic amines) is 1. The van der Waals surface area contributed by atoms with Gasteiger partial charge in [-0.2, -0.15) is 0 Å². The van der Waals surface area contributed by atoms with Gasteiger partial charge in [-0.15, -0.1) is 0 Å². The van der Waals surface area contributed by atoms with Crippen molar-refractivity contribution in [3.05, 3.63) is 34.8 Å². The highest BCUT2D eigenvalue weighted by atomic mass is 31.2. The van der Waals surface area contributed by atoms with Gasteiger partial charge in [0.1, 0.15) is 5.75 Å². The highest BCUT2D eigenvalue weighted by Gasteiger charge is 2.49. The minimum atomic E-state index is -4.33. The number of aromatic amines is 1. The van der Waals surface area contributed by atoms with E-state index < -0.39 is 19.1 Å². The summed E-state index contributed by atoms with van der Waals surface area (Å²) in [5.74, 6) is -0.777. The molecule has 1 aromatic carbocycles. The fourth-order valence-electron chi connectivity index (χ4n) is 3.45. The van der Waals surface area contributed by atoms with E-state index in [1.54, 1.807) is 12.1 Å². The lowest BCUT2D eigenvalue weighted by Crippen LogP contribution is -2.40. The number of nitrogens with one attached hydrogen (secondary N) is 1. The molecule has 1 fully saturated rings. The van der Waals surface area contributed by atoms with Crippen LogP contribution in [0.15, 0.2) is 24.4 Å². The lowest BCUT2D eigenvalue weighted by molar-refractivity contribution is 0.225. The van der Waals surface area contributed by atoms with Crippen molar-refractivity contribution in [1.82, 2.24) is 9.88 Å². The third kappa shape index (κ3) is 3.31. The molecule has 2 atom stereocenters. The third-order valence-electron chi connectivity index (χ3n) is 5.02. The Balaban J connectivity index is 2.00. The van der Waals surface area contributed by atoms with Crippen molar-refractivity contribution in [3.63, 3.8) is 0 Å². The Labute approximate surface area is 146 Å². The molecule has 1 unspecified atom stereocenters. The highest BCUT2D eigenvalue weighted by Crippen LogP contribution is 2.44. The maximum absolute atomic E-state index is 11.4. The van der Waals surface area contributed by atoms with Gasteiger partial charge in [-0.1, -0.05) is 10.9 Å². The molecule has 25 heavy (non-hydrogen) atoms. The van der Waals surface area contributed by atoms with E-state index in [4.69, 9.17) is 11.3 Å². The molecule has 7 nitrogen and oxygen atoms in total. The van der Waals surface area contributed by atoms with Gasteiger partial charge < -0.3 is 19.5 Å². The number of hydrogen-bond acceptors (Lipinski definition) is 3. The molecule has 3 rings (SSSR count). The Hall–Kier alpha value is -1.84. The van der Waals surface area contributed by atoms with Crippen LogP contribution >= 0.6 is 7.60 Å². The smallest absolute Gasteiger partial charge is 0.365 e. The molecule has 0 radical (unpaired) electrons. The van der Waals surface area contributed by atoms with Gasteiger partial charge in [-0.05, 0) is 38.1 Å². The molecule has 0 aliphatic carbocycles. The molecule has 8 heteroatoms. The molecule has 2 aromatic rings. The number of nitrogens with zero attached hydrogens (tertiary/aromatic N) is 2. The minimum absolute atomic E-state index is 0.442. The zero-order chi connectivity index (χ0) is 18.2. The molecule has 3 N–H and O–H groups in total. The second-order valence-electron chi connectivity index (χ2n) is 6.61. The van der Waals surface area contributed by atoms with E-state index in [1.165, 1.54) is 6.92 Å². The number of benzene rings is 1. The van der Waals surface area contributed by atoms with Crippen molar-refractivity contribution in [2.45, 2.75) is 37.7 Å². The predicted octanol–water partition coefficient (Wildman–Crippen LogP) is 3.00. The van der Waals surface area contributed by atoms with Crippen molar-refractivity contribution >= 4 is 18.5 Å². The van der Waals surface area contributed by atoms with E-state index in [-0.39, 0.29) is 0 Å². The molecule has 0 saturated carbocycles. The van der Waals surface area contributed by atoms with Crippen LogP contribution in [0.3, 0.4) is 0 Å². The van der Waals surface area contributed by atoms with E-state index in [0.29, 0.717) is 12.2 Å². The van der Waals surface area contributed by atoms with Crippen LogP contribution in [0.4, 0.5) is 0 Å². The number of aromatic nitrogens is 1. The fraction of sp³-hybridized carbons (Fsp3) is 0.471. The SMILES string of the molecule is C#[N+][C@]1(Cc2c[nH]c3cccc(OC(C)P(=O)(O)O)c23)CCCN1C. The maximum atomic E-state index is 11.4. The standard InChI is InChI=1S/C17H22N3O4P/c1-12(25(21,22)23)24-15-7-4-6-14-16(15)13(11-19-14)10-17(18-2)8-5-9-20(17)3/h2,4,6-7,11-12,19H,5,8-10H2,1,3H3,(H-,21,22,23)/p+1/t12?,17-/m1/s1. The summed E-state index contributed by atoms with van der Waals surface area (Å²) in [7, 11) is -2.33. The molecule has 0 spiro atoms. The molecular formula is C17H23N3O4P+. The number of fused-ring (bicyclic) bond motifs is 1. The van der Waals surface area contributed by atoms with Crippen LogP contribution in [0, 0.1) is 6.57 Å². The van der Waals surface area contributed by atoms with E-state index in [2.05, 4.69) is 14.7 Å². The van der Waals surface area contributed by atoms with Crippen LogP contribution in [0.2, 0.25) is 0 Å². The van der Waals surface area contributed by atoms with Gasteiger partial charge >= 0.3 is 13.3 Å². The van der Waals surface area contributed by atoms with Gasteiger partial charge in [0.15, 0.2) is 5.85 Å². The highest BCUT2D eigenvalue weighted by molar-refractivity contribution is 7.52. The molecule has 0 bridgehead atoms. The summed E-state index contributed by atoms with van der Waals surface area (Å²) in [5.41, 5.74) is 1.35. The second-order valence-corrected chi connectivity index (χ2v) is 8.52. The third-order valence-corrected chi connectivity index (χ3v) is 6.07. The number of hydrogen-bond donors (Lipinski definition) is 3. The van der Waals surface area contributed by atoms with E-state index in [0.717, 1.165) is 35.9 Å². The number of H-pyrrole nitrogens is 1. The van der Waals surface area contributed by atoms with E-state index >= 15 is 0 Å². The van der Waals surface area contributed by atoms with Crippen molar-refractivity contribution in [2.24, 2.45) is 0 Å². The quantitative estimate of drug-likeness (QED) is 0.710. The zero-order valence-electron chi connectivity index (χ0n) is 14.3. The molecule has 2 heterocycles. The number of ether oxygens (including phenoxy) is 1. The van der Waals surface area contributed by atoms with Gasteiger partial charge in [0.05, 0.1) is 6.42 Å². The summed E-state index contributed by atoms with van der Waals surface area (Å²) < 4.78 is 17.0. The van der Waals surface area contributed by atoms with Crippen molar-refractivity contribution < 1.29 is 19.1 Å². The van der Waals surface area contributed by atoms with Gasteiger partial charge in [-0.3, -0.25) is 4.57 Å². The fourth-order valence-corrected chi connectivity index (χ4v) is 3.70. The Morgan fingerprint density at radius 3 is 2.88 bits per heavy atom. The number of rotatable bonds is 5. The molecule has 1 aromatic heterocycles. The zero-order valence-corrected chi connectivity index (χ0v) is 15.2. The molecular weight excluding hydrogens is 341 g/mol. The van der Waals surface area contributed by atoms with Gasteiger partial charge in [0.2, 0.25) is 0 Å². The van der Waals surface area contributed by atoms with Crippen LogP contribution in [0.5, 0.6) is 5.75 Å².